The maximum atomic E-state index is 14.7. The highest BCUT2D eigenvalue weighted by Crippen LogP contribution is 2.53. The highest BCUT2D eigenvalue weighted by Gasteiger charge is 2.47. The highest BCUT2D eigenvalue weighted by atomic mass is 32.2. The molecular formula is C49H42F6N6O12S2. The zero-order chi connectivity index (χ0) is 52.4. The Morgan fingerprint density at radius 1 is 0.640 bits per heavy atom. The summed E-state index contributed by atoms with van der Waals surface area (Å²) in [5.41, 5.74) is -1.01. The molecular weight excluding hydrogens is 1040 g/mol. The Hall–Kier alpha value is -8.52. The molecule has 0 radical (unpaired) electrons. The second kappa shape index (κ2) is 20.1. The van der Waals surface area contributed by atoms with Gasteiger partial charge in [0.2, 0.25) is 25.9 Å². The van der Waals surface area contributed by atoms with E-state index in [9.17, 15) is 57.6 Å². The van der Waals surface area contributed by atoms with E-state index in [-0.39, 0.29) is 118 Å². The largest absolute Gasteiger partial charge is 0.586 e. The highest BCUT2D eigenvalue weighted by molar-refractivity contribution is 7.89. The van der Waals surface area contributed by atoms with Gasteiger partial charge in [-0.2, -0.15) is 0 Å². The smallest absolute Gasteiger partial charge is 0.481 e. The van der Waals surface area contributed by atoms with E-state index < -0.39 is 67.4 Å². The molecule has 2 aliphatic heterocycles. The normalized spacial score (nSPS) is 13.8. The summed E-state index contributed by atoms with van der Waals surface area (Å²) in [7, 11) is -6.84. The molecule has 0 atom stereocenters. The molecule has 0 unspecified atom stereocenters. The van der Waals surface area contributed by atoms with Crippen LogP contribution in [0.3, 0.4) is 0 Å². The molecule has 3 N–H and O–H groups in total. The molecule has 2 aliphatic rings. The molecule has 4 aromatic carbocycles. The maximum Gasteiger partial charge on any atom is 0.586 e. The first-order valence-electron chi connectivity index (χ1n) is 21.0. The molecule has 75 heavy (non-hydrogen) atoms. The number of benzene rings is 4. The zero-order valence-electron chi connectivity index (χ0n) is 37.6. The first-order valence-corrected chi connectivity index (χ1v) is 24.8. The Balaban J connectivity index is 0.000000213. The summed E-state index contributed by atoms with van der Waals surface area (Å²) in [6.45, 7) is -0.565. The van der Waals surface area contributed by atoms with E-state index in [2.05, 4.69) is 19.4 Å². The number of carbonyl (C=O) groups excluding carboxylic acids is 2. The van der Waals surface area contributed by atoms with Crippen LogP contribution in [0, 0.1) is 11.6 Å². The molecule has 0 saturated carbocycles. The van der Waals surface area contributed by atoms with E-state index in [1.165, 1.54) is 114 Å². The summed E-state index contributed by atoms with van der Waals surface area (Å²) in [5.74, 6) is -4.96. The van der Waals surface area contributed by atoms with Crippen molar-refractivity contribution in [1.29, 1.82) is 0 Å². The number of halogens is 6. The van der Waals surface area contributed by atoms with E-state index in [0.29, 0.717) is 0 Å². The van der Waals surface area contributed by atoms with Gasteiger partial charge in [-0.3, -0.25) is 14.4 Å². The van der Waals surface area contributed by atoms with Crippen molar-refractivity contribution < 1.29 is 76.5 Å². The van der Waals surface area contributed by atoms with E-state index in [1.54, 1.807) is 12.1 Å². The minimum Gasteiger partial charge on any atom is -0.481 e. The number of sulfonamides is 2. The third-order valence-electron chi connectivity index (χ3n) is 11.1. The molecule has 8 aromatic rings. The fraction of sp³-hybridized carbons (Fsp3) is 0.184. The number of aromatic amines is 1. The van der Waals surface area contributed by atoms with Crippen molar-refractivity contribution in [2.45, 2.75) is 40.5 Å². The Kier molecular flexibility index (Phi) is 14.5. The molecule has 18 nitrogen and oxygen atoms in total. The van der Waals surface area contributed by atoms with Gasteiger partial charge in [-0.15, -0.1) is 17.6 Å². The van der Waals surface area contributed by atoms with Gasteiger partial charge in [-0.1, -0.05) is 51.3 Å². The Morgan fingerprint density at radius 3 is 1.51 bits per heavy atom. The minimum atomic E-state index is -4.09. The molecule has 0 spiro atoms. The van der Waals surface area contributed by atoms with Gasteiger partial charge in [-0.05, 0) is 60.7 Å². The van der Waals surface area contributed by atoms with Crippen molar-refractivity contribution in [3.63, 3.8) is 0 Å². The minimum absolute atomic E-state index is 0. The third kappa shape index (κ3) is 10.6. The fourth-order valence-electron chi connectivity index (χ4n) is 8.40. The first-order chi connectivity index (χ1) is 34.4. The first kappa shape index (κ1) is 54.3. The van der Waals surface area contributed by atoms with Crippen LogP contribution in [-0.4, -0.2) is 80.0 Å². The number of methoxy groups -OCH3 is 1. The Labute approximate surface area is 422 Å². The summed E-state index contributed by atoms with van der Waals surface area (Å²) in [4.78, 5) is 46.1. The molecule has 394 valence electrons. The third-order valence-corrected chi connectivity index (χ3v) is 12.2. The molecule has 0 saturated heterocycles. The van der Waals surface area contributed by atoms with Gasteiger partial charge in [0.25, 0.3) is 17.4 Å². The number of carbonyl (C=O) groups is 2. The second-order valence-electron chi connectivity index (χ2n) is 16.1. The topological polar surface area (TPSA) is 228 Å². The summed E-state index contributed by atoms with van der Waals surface area (Å²) in [5, 5.41) is -0.118. The Bertz CT molecular complexity index is 3880. The molecule has 0 bridgehead atoms. The van der Waals surface area contributed by atoms with Crippen LogP contribution in [0.5, 0.6) is 28.9 Å². The van der Waals surface area contributed by atoms with Gasteiger partial charge in [0.05, 0.1) is 60.1 Å². The molecule has 26 heteroatoms. The van der Waals surface area contributed by atoms with Crippen LogP contribution in [0.4, 0.5) is 26.3 Å². The van der Waals surface area contributed by atoms with Crippen molar-refractivity contribution in [2.75, 3.05) is 19.6 Å². The Morgan fingerprint density at radius 2 is 1.08 bits per heavy atom. The lowest BCUT2D eigenvalue weighted by atomic mass is 10.0. The monoisotopic (exact) mass is 1080 g/mol. The number of ether oxygens (including phenoxy) is 5. The van der Waals surface area contributed by atoms with E-state index in [4.69, 9.17) is 14.2 Å². The van der Waals surface area contributed by atoms with Crippen LogP contribution in [-0.2, 0) is 33.1 Å². The number of hydrogen-bond acceptors (Lipinski definition) is 13. The maximum absolute atomic E-state index is 14.7. The van der Waals surface area contributed by atoms with Crippen LogP contribution in [0.25, 0.3) is 44.1 Å². The lowest BCUT2D eigenvalue weighted by Crippen LogP contribution is -2.32. The molecule has 4 aromatic heterocycles. The molecule has 6 heterocycles. The molecule has 2 amide bonds. The average Bonchev–Trinajstić information content (AvgIpc) is 4.02. The molecule has 0 aliphatic carbocycles. The van der Waals surface area contributed by atoms with Crippen LogP contribution < -0.4 is 38.7 Å². The van der Waals surface area contributed by atoms with Crippen LogP contribution in [0.1, 0.15) is 47.0 Å². The number of rotatable bonds is 11. The van der Waals surface area contributed by atoms with Crippen molar-refractivity contribution in [1.82, 2.24) is 28.5 Å². The van der Waals surface area contributed by atoms with Gasteiger partial charge >= 0.3 is 12.6 Å². The standard InChI is InChI=1S/C24H18F3N3O6S.C23H16F3N3O6S.2CH4/c1-34-23-14(7-5-11-28-23)18-19-16(9-10-17-21(19)36-24(26,27)35-17)30(12-13-6-3-4-8-15(13)25)20(18)22(31)29-37(2,32)33;1-36(32,33)28-22(31)19-17(13-6-4-10-27-21(13)30)18-15(8-9-16-20(18)35-23(25,26)34-16)29(19)11-12-5-2-3-7-14(12)24;;/h3-11H,12H2,1-2H3,(H,29,31);2-10H,11H2,1H3,(H,27,30)(H,28,31);2*1H4. The van der Waals surface area contributed by atoms with E-state index in [1.807, 2.05) is 9.44 Å². The van der Waals surface area contributed by atoms with Crippen LogP contribution >= 0.6 is 0 Å². The van der Waals surface area contributed by atoms with Crippen molar-refractivity contribution in [3.8, 4) is 51.1 Å². The number of nitrogens with zero attached hydrogens (tertiary/aromatic N) is 3. The quantitative estimate of drug-likeness (QED) is 0.104. The number of nitrogens with one attached hydrogen (secondary N) is 3. The van der Waals surface area contributed by atoms with Gasteiger partial charge in [0.1, 0.15) is 23.0 Å². The number of hydrogen-bond donors (Lipinski definition) is 3. The van der Waals surface area contributed by atoms with Crippen molar-refractivity contribution in [2.24, 2.45) is 0 Å². The van der Waals surface area contributed by atoms with Gasteiger partial charge in [-0.25, -0.2) is 40.0 Å². The van der Waals surface area contributed by atoms with Crippen LogP contribution in [0.2, 0.25) is 0 Å². The number of fused-ring (bicyclic) bond motifs is 6. The lowest BCUT2D eigenvalue weighted by Gasteiger charge is -2.14. The average molecular weight is 1090 g/mol. The number of pyridine rings is 2. The van der Waals surface area contributed by atoms with Gasteiger partial charge in [0, 0.05) is 40.2 Å². The molecule has 10 rings (SSSR count). The predicted molar refractivity (Wildman–Crippen MR) is 261 cm³/mol. The molecule has 0 fully saturated rings. The zero-order valence-corrected chi connectivity index (χ0v) is 39.3. The van der Waals surface area contributed by atoms with Crippen LogP contribution in [0.15, 0.2) is 114 Å². The fourth-order valence-corrected chi connectivity index (χ4v) is 9.27. The van der Waals surface area contributed by atoms with E-state index >= 15 is 0 Å². The second-order valence-corrected chi connectivity index (χ2v) is 19.6. The SMILES string of the molecule is C.C.COc1ncccc1-c1c(C(=O)NS(C)(=O)=O)n(Cc2ccccc2F)c2ccc3c(c12)OC(F)(F)O3.CS(=O)(=O)NC(=O)c1c(-c2ccc[nH]c2=O)c2c3c(ccc2n1Cc1ccccc1F)OC(F)(F)O3. The summed E-state index contributed by atoms with van der Waals surface area (Å²) in [6, 6.07) is 22.3. The predicted octanol–water partition coefficient (Wildman–Crippen LogP) is 8.38. The summed E-state index contributed by atoms with van der Waals surface area (Å²) in [6.07, 6.45) is -3.75. The van der Waals surface area contributed by atoms with Crippen molar-refractivity contribution in [3.05, 3.63) is 154 Å². The number of aromatic nitrogens is 4. The number of H-pyrrole nitrogens is 1. The number of amides is 2. The van der Waals surface area contributed by atoms with Gasteiger partial charge < -0.3 is 37.8 Å². The van der Waals surface area contributed by atoms with E-state index in [0.717, 1.165) is 12.5 Å². The lowest BCUT2D eigenvalue weighted by molar-refractivity contribution is -0.287. The van der Waals surface area contributed by atoms with Gasteiger partial charge in [0.15, 0.2) is 23.0 Å². The van der Waals surface area contributed by atoms with Crippen molar-refractivity contribution >= 4 is 53.7 Å². The summed E-state index contributed by atoms with van der Waals surface area (Å²) >= 11 is 0. The number of alkyl halides is 4. The summed E-state index contributed by atoms with van der Waals surface area (Å²) < 4.78 is 164.